The maximum Gasteiger partial charge on any atom is 0.192 e. The largest absolute Gasteiger partial charge is 0.467 e. The van der Waals surface area contributed by atoms with Gasteiger partial charge in [0.05, 0.1) is 18.6 Å². The van der Waals surface area contributed by atoms with Crippen molar-refractivity contribution in [2.24, 2.45) is 0 Å². The SMILES string of the molecule is CCCCn1nnnc1CSc1nnc(-c2ccc(C(C)(C)C)cc2)n1Cc1ccco1. The number of nitrogens with zero attached hydrogens (tertiary/aromatic N) is 7. The zero-order chi connectivity index (χ0) is 22.6. The molecule has 0 saturated carbocycles. The van der Waals surface area contributed by atoms with Crippen molar-refractivity contribution < 1.29 is 4.42 Å². The molecule has 0 unspecified atom stereocenters. The first-order valence-electron chi connectivity index (χ1n) is 10.9. The van der Waals surface area contributed by atoms with Crippen LogP contribution in [0.25, 0.3) is 11.4 Å². The van der Waals surface area contributed by atoms with Gasteiger partial charge in [0.25, 0.3) is 0 Å². The molecule has 0 saturated heterocycles. The van der Waals surface area contributed by atoms with Crippen molar-refractivity contribution in [3.63, 3.8) is 0 Å². The number of benzene rings is 1. The van der Waals surface area contributed by atoms with Crippen LogP contribution in [-0.2, 0) is 24.3 Å². The molecule has 1 aromatic carbocycles. The first-order valence-corrected chi connectivity index (χ1v) is 11.9. The van der Waals surface area contributed by atoms with Crippen LogP contribution >= 0.6 is 11.8 Å². The number of aromatic nitrogens is 7. The van der Waals surface area contributed by atoms with Crippen LogP contribution in [0.5, 0.6) is 0 Å². The molecule has 32 heavy (non-hydrogen) atoms. The molecule has 4 aromatic rings. The van der Waals surface area contributed by atoms with Gasteiger partial charge in [0, 0.05) is 12.1 Å². The summed E-state index contributed by atoms with van der Waals surface area (Å²) in [5.74, 6) is 3.13. The summed E-state index contributed by atoms with van der Waals surface area (Å²) in [6, 6.07) is 12.4. The number of furan rings is 1. The van der Waals surface area contributed by atoms with Gasteiger partial charge in [-0.15, -0.1) is 15.3 Å². The second kappa shape index (κ2) is 9.68. The molecule has 0 fully saturated rings. The molecule has 0 spiro atoms. The molecule has 0 aliphatic rings. The topological polar surface area (TPSA) is 87.5 Å². The molecule has 0 atom stereocenters. The highest BCUT2D eigenvalue weighted by atomic mass is 32.2. The van der Waals surface area contributed by atoms with Gasteiger partial charge in [-0.25, -0.2) is 4.68 Å². The molecule has 168 valence electrons. The Kier molecular flexibility index (Phi) is 6.74. The number of tetrazole rings is 1. The lowest BCUT2D eigenvalue weighted by atomic mass is 9.87. The number of thioether (sulfide) groups is 1. The lowest BCUT2D eigenvalue weighted by molar-refractivity contribution is 0.485. The zero-order valence-electron chi connectivity index (χ0n) is 19.0. The van der Waals surface area contributed by atoms with Crippen molar-refractivity contribution in [2.75, 3.05) is 0 Å². The van der Waals surface area contributed by atoms with Crippen molar-refractivity contribution in [1.82, 2.24) is 35.0 Å². The molecule has 8 nitrogen and oxygen atoms in total. The van der Waals surface area contributed by atoms with Gasteiger partial charge >= 0.3 is 0 Å². The second-order valence-corrected chi connectivity index (χ2v) is 9.70. The molecule has 9 heteroatoms. The fourth-order valence-electron chi connectivity index (χ4n) is 3.37. The molecule has 0 aliphatic carbocycles. The average molecular weight is 452 g/mol. The molecule has 0 bridgehead atoms. The van der Waals surface area contributed by atoms with Crippen molar-refractivity contribution in [1.29, 1.82) is 0 Å². The van der Waals surface area contributed by atoms with Crippen molar-refractivity contribution in [2.45, 2.75) is 70.0 Å². The Hall–Kier alpha value is -2.94. The first kappa shape index (κ1) is 22.3. The Morgan fingerprint density at radius 1 is 1.03 bits per heavy atom. The quantitative estimate of drug-likeness (QED) is 0.332. The molecule has 0 N–H and O–H groups in total. The van der Waals surface area contributed by atoms with Gasteiger partial charge in [-0.2, -0.15) is 0 Å². The van der Waals surface area contributed by atoms with Crippen molar-refractivity contribution in [3.05, 3.63) is 59.8 Å². The summed E-state index contributed by atoms with van der Waals surface area (Å²) in [5.41, 5.74) is 2.41. The van der Waals surface area contributed by atoms with E-state index in [1.807, 2.05) is 16.8 Å². The van der Waals surface area contributed by atoms with Crippen LogP contribution < -0.4 is 0 Å². The van der Waals surface area contributed by atoms with E-state index in [1.165, 1.54) is 5.56 Å². The molecule has 0 amide bonds. The highest BCUT2D eigenvalue weighted by molar-refractivity contribution is 7.98. The zero-order valence-corrected chi connectivity index (χ0v) is 19.8. The normalized spacial score (nSPS) is 11.9. The van der Waals surface area contributed by atoms with Gasteiger partial charge in [0.1, 0.15) is 5.76 Å². The van der Waals surface area contributed by atoms with E-state index in [9.17, 15) is 0 Å². The predicted molar refractivity (Wildman–Crippen MR) is 124 cm³/mol. The number of unbranched alkanes of at least 4 members (excludes halogenated alkanes) is 1. The lowest BCUT2D eigenvalue weighted by Crippen LogP contribution is -2.10. The minimum absolute atomic E-state index is 0.100. The summed E-state index contributed by atoms with van der Waals surface area (Å²) in [7, 11) is 0. The van der Waals surface area contributed by atoms with Gasteiger partial charge in [-0.1, -0.05) is 70.1 Å². The van der Waals surface area contributed by atoms with Gasteiger partial charge in [-0.05, 0) is 40.0 Å². The summed E-state index contributed by atoms with van der Waals surface area (Å²) in [6.45, 7) is 10.2. The smallest absolute Gasteiger partial charge is 0.192 e. The van der Waals surface area contributed by atoms with Crippen LogP contribution in [0.3, 0.4) is 0 Å². The first-order chi connectivity index (χ1) is 15.5. The minimum Gasteiger partial charge on any atom is -0.467 e. The average Bonchev–Trinajstić information content (AvgIpc) is 3.52. The Labute approximate surface area is 192 Å². The third-order valence-electron chi connectivity index (χ3n) is 5.28. The maximum absolute atomic E-state index is 5.61. The third-order valence-corrected chi connectivity index (χ3v) is 6.24. The van der Waals surface area contributed by atoms with E-state index < -0.39 is 0 Å². The fraction of sp³-hybridized carbons (Fsp3) is 0.435. The van der Waals surface area contributed by atoms with E-state index >= 15 is 0 Å². The molecular formula is C23H29N7OS. The number of aryl methyl sites for hydroxylation is 1. The van der Waals surface area contributed by atoms with E-state index in [-0.39, 0.29) is 5.41 Å². The monoisotopic (exact) mass is 451 g/mol. The Morgan fingerprint density at radius 2 is 1.84 bits per heavy atom. The van der Waals surface area contributed by atoms with Crippen LogP contribution in [0.2, 0.25) is 0 Å². The Morgan fingerprint density at radius 3 is 2.53 bits per heavy atom. The van der Waals surface area contributed by atoms with Gasteiger partial charge in [0.15, 0.2) is 16.8 Å². The summed E-state index contributed by atoms with van der Waals surface area (Å²) in [5, 5.41) is 22.0. The van der Waals surface area contributed by atoms with Gasteiger partial charge < -0.3 is 4.42 Å². The summed E-state index contributed by atoms with van der Waals surface area (Å²) in [4.78, 5) is 0. The molecule has 0 radical (unpaired) electrons. The lowest BCUT2D eigenvalue weighted by Gasteiger charge is -2.19. The van der Waals surface area contributed by atoms with E-state index in [4.69, 9.17) is 4.42 Å². The van der Waals surface area contributed by atoms with Gasteiger partial charge in [-0.3, -0.25) is 4.57 Å². The number of hydrogen-bond donors (Lipinski definition) is 0. The van der Waals surface area contributed by atoms with Crippen LogP contribution in [0, 0.1) is 0 Å². The van der Waals surface area contributed by atoms with E-state index in [0.29, 0.717) is 12.3 Å². The fourth-order valence-corrected chi connectivity index (χ4v) is 4.24. The third kappa shape index (κ3) is 5.09. The summed E-state index contributed by atoms with van der Waals surface area (Å²) in [6.07, 6.45) is 3.83. The molecular weight excluding hydrogens is 422 g/mol. The number of rotatable bonds is 9. The standard InChI is InChI=1S/C23H29N7OS/c1-5-6-13-30-20(24-27-28-30)16-32-22-26-25-21(29(22)15-19-8-7-14-31-19)17-9-11-18(12-10-17)23(2,3)4/h7-12,14H,5-6,13,15-16H2,1-4H3. The maximum atomic E-state index is 5.61. The predicted octanol–water partition coefficient (Wildman–Crippen LogP) is 4.96. The van der Waals surface area contributed by atoms with Crippen molar-refractivity contribution in [3.8, 4) is 11.4 Å². The number of hydrogen-bond acceptors (Lipinski definition) is 7. The highest BCUT2D eigenvalue weighted by Gasteiger charge is 2.19. The Balaban J connectivity index is 1.60. The minimum atomic E-state index is 0.100. The molecule has 3 heterocycles. The van der Waals surface area contributed by atoms with Crippen LogP contribution in [0.15, 0.2) is 52.2 Å². The van der Waals surface area contributed by atoms with Crippen molar-refractivity contribution >= 4 is 11.8 Å². The van der Waals surface area contributed by atoms with E-state index in [1.54, 1.807) is 18.0 Å². The molecule has 0 aliphatic heterocycles. The highest BCUT2D eigenvalue weighted by Crippen LogP contribution is 2.29. The van der Waals surface area contributed by atoms with Crippen LogP contribution in [0.4, 0.5) is 0 Å². The summed E-state index contributed by atoms with van der Waals surface area (Å²) < 4.78 is 9.57. The van der Waals surface area contributed by atoms with E-state index in [0.717, 1.165) is 47.5 Å². The second-order valence-electron chi connectivity index (χ2n) is 8.76. The van der Waals surface area contributed by atoms with Crippen LogP contribution in [0.1, 0.15) is 57.7 Å². The van der Waals surface area contributed by atoms with E-state index in [2.05, 4.69) is 82.3 Å². The summed E-state index contributed by atoms with van der Waals surface area (Å²) >= 11 is 1.58. The Bertz CT molecular complexity index is 1120. The molecule has 4 rings (SSSR count). The molecule has 3 aromatic heterocycles. The van der Waals surface area contributed by atoms with Crippen LogP contribution in [-0.4, -0.2) is 35.0 Å². The van der Waals surface area contributed by atoms with Gasteiger partial charge in [0.2, 0.25) is 0 Å².